The van der Waals surface area contributed by atoms with Crippen molar-refractivity contribution in [1.29, 1.82) is 0 Å². The zero-order valence-corrected chi connectivity index (χ0v) is 8.82. The molecule has 0 unspecified atom stereocenters. The van der Waals surface area contributed by atoms with E-state index < -0.39 is 6.72 Å². The topological polar surface area (TPSA) is 67.8 Å². The summed E-state index contributed by atoms with van der Waals surface area (Å²) in [5.74, 6) is -0.299. The van der Waals surface area contributed by atoms with Gasteiger partial charge in [-0.2, -0.15) is 0 Å². The third-order valence-electron chi connectivity index (χ3n) is 1.00. The summed E-state index contributed by atoms with van der Waals surface area (Å²) in [4.78, 5) is 20.1. The van der Waals surface area contributed by atoms with Crippen LogP contribution in [-0.2, 0) is 24.4 Å². The maximum absolute atomic E-state index is 10.7. The van der Waals surface area contributed by atoms with E-state index in [1.807, 2.05) is 0 Å². The fourth-order valence-corrected chi connectivity index (χ4v) is 2.21. The normalized spacial score (nSPS) is 10.7. The van der Waals surface area contributed by atoms with Crippen molar-refractivity contribution in [2.75, 3.05) is 21.3 Å². The Labute approximate surface area is 74.5 Å². The van der Waals surface area contributed by atoms with Gasteiger partial charge in [-0.3, -0.25) is 4.79 Å². The monoisotopic (exact) mass is 213 g/mol. The van der Waals surface area contributed by atoms with E-state index in [9.17, 15) is 9.69 Å². The molecule has 5 nitrogen and oxygen atoms in total. The minimum absolute atomic E-state index is 0.299. The molecule has 0 aromatic heterocycles. The molecule has 7 heteroatoms. The Morgan fingerprint density at radius 1 is 1.58 bits per heavy atom. The minimum Gasteiger partial charge on any atom is -0.355 e. The van der Waals surface area contributed by atoms with Gasteiger partial charge >= 0.3 is 6.72 Å². The summed E-state index contributed by atoms with van der Waals surface area (Å²) in [5, 5.41) is 3.58. The highest BCUT2D eigenvalue weighted by atomic mass is 32.5. The van der Waals surface area contributed by atoms with Crippen LogP contribution in [0.5, 0.6) is 0 Å². The predicted molar refractivity (Wildman–Crippen MR) is 50.7 cm³/mol. The summed E-state index contributed by atoms with van der Waals surface area (Å²) >= 11 is 0. The lowest BCUT2D eigenvalue weighted by molar-refractivity contribution is -0.113. The molecule has 0 aromatic rings. The molecular weight excluding hydrogens is 201 g/mol. The van der Waals surface area contributed by atoms with Crippen molar-refractivity contribution in [2.45, 2.75) is 0 Å². The highest BCUT2D eigenvalue weighted by Crippen LogP contribution is 2.42. The second kappa shape index (κ2) is 5.50. The summed E-state index contributed by atoms with van der Waals surface area (Å²) in [6, 6.07) is 0. The average Bonchev–Trinajstić information content (AvgIpc) is 2.13. The highest BCUT2D eigenvalue weighted by Gasteiger charge is 2.08. The van der Waals surface area contributed by atoms with Crippen molar-refractivity contribution in [3.05, 3.63) is 0 Å². The lowest BCUT2D eigenvalue weighted by Crippen LogP contribution is -2.18. The fraction of sp³-hybridized carbons (Fsp3) is 0.600. The zero-order chi connectivity index (χ0) is 9.61. The molecule has 0 aliphatic heterocycles. The van der Waals surface area contributed by atoms with E-state index in [0.717, 1.165) is 10.5 Å². The zero-order valence-electron chi connectivity index (χ0n) is 7.10. The van der Waals surface area contributed by atoms with Gasteiger partial charge in [0.15, 0.2) is 0 Å². The van der Waals surface area contributed by atoms with Crippen molar-refractivity contribution < 1.29 is 18.7 Å². The number of rotatable bonds is 3. The van der Waals surface area contributed by atoms with Crippen LogP contribution in [0.3, 0.4) is 0 Å². The first-order valence-corrected chi connectivity index (χ1v) is 6.11. The van der Waals surface area contributed by atoms with Gasteiger partial charge in [0.1, 0.15) is 0 Å². The number of carbonyl (C=O) groups excluding carboxylic acids is 1. The Hall–Kier alpha value is -0.130. The molecule has 0 radical (unpaired) electrons. The largest absolute Gasteiger partial charge is 0.355 e. The Morgan fingerprint density at radius 2 is 2.08 bits per heavy atom. The molecular formula is C5H12NO4PS. The maximum atomic E-state index is 10.7. The SMILES string of the molecule is CNC(=O)C=S=P(O)(OC)OC. The number of hydrogen-bond donors (Lipinski definition) is 2. The predicted octanol–water partition coefficient (Wildman–Crippen LogP) is -0.420. The molecule has 0 saturated heterocycles. The Morgan fingerprint density at radius 3 is 2.42 bits per heavy atom. The van der Waals surface area contributed by atoms with Crippen molar-refractivity contribution >= 4 is 28.5 Å². The molecule has 0 saturated carbocycles. The van der Waals surface area contributed by atoms with E-state index in [4.69, 9.17) is 0 Å². The molecule has 0 aliphatic carbocycles. The van der Waals surface area contributed by atoms with Gasteiger partial charge < -0.3 is 19.3 Å². The number of nitrogens with one attached hydrogen (secondary N) is 1. The van der Waals surface area contributed by atoms with E-state index in [1.165, 1.54) is 26.6 Å². The first-order valence-electron chi connectivity index (χ1n) is 3.04. The standard InChI is InChI=1S/C5H12NO4PS/c1-6-5(7)4-12-11(8,9-2)10-3/h4,8H,1-3H3,(H,6,7). The summed E-state index contributed by atoms with van der Waals surface area (Å²) in [5.41, 5.74) is 0. The van der Waals surface area contributed by atoms with E-state index in [-0.39, 0.29) is 5.91 Å². The van der Waals surface area contributed by atoms with Crippen LogP contribution >= 0.6 is 6.72 Å². The molecule has 1 amide bonds. The van der Waals surface area contributed by atoms with Gasteiger partial charge in [-0.25, -0.2) is 0 Å². The number of hydrogen-bond acceptors (Lipinski definition) is 3. The summed E-state index contributed by atoms with van der Waals surface area (Å²) in [6.07, 6.45) is 0. The Kier molecular flexibility index (Phi) is 5.44. The van der Waals surface area contributed by atoms with Gasteiger partial charge in [-0.1, -0.05) is 10.5 Å². The van der Waals surface area contributed by atoms with Gasteiger partial charge in [0.2, 0.25) is 0 Å². The van der Waals surface area contributed by atoms with Crippen LogP contribution in [-0.4, -0.2) is 37.4 Å². The molecule has 0 rings (SSSR count). The maximum Gasteiger partial charge on any atom is 0.313 e. The van der Waals surface area contributed by atoms with E-state index in [1.54, 1.807) is 0 Å². The van der Waals surface area contributed by atoms with Crippen LogP contribution in [0.1, 0.15) is 0 Å². The molecule has 0 bridgehead atoms. The molecule has 72 valence electrons. The number of carbonyl (C=O) groups is 1. The van der Waals surface area contributed by atoms with Crippen LogP contribution in [0.15, 0.2) is 0 Å². The van der Waals surface area contributed by atoms with Gasteiger partial charge in [0.25, 0.3) is 5.91 Å². The van der Waals surface area contributed by atoms with E-state index >= 15 is 0 Å². The van der Waals surface area contributed by atoms with Crippen molar-refractivity contribution in [3.63, 3.8) is 0 Å². The molecule has 12 heavy (non-hydrogen) atoms. The molecule has 0 heterocycles. The highest BCUT2D eigenvalue weighted by molar-refractivity contribution is 8.16. The quantitative estimate of drug-likeness (QED) is 0.493. The first kappa shape index (κ1) is 11.9. The average molecular weight is 213 g/mol. The molecule has 0 spiro atoms. The first-order chi connectivity index (χ1) is 5.58. The fourth-order valence-electron chi connectivity index (χ4n) is 0.334. The van der Waals surface area contributed by atoms with Crippen LogP contribution < -0.4 is 5.32 Å². The molecule has 0 fully saturated rings. The van der Waals surface area contributed by atoms with Crippen LogP contribution in [0.2, 0.25) is 0 Å². The number of amides is 1. The molecule has 2 N–H and O–H groups in total. The van der Waals surface area contributed by atoms with Crippen LogP contribution in [0.25, 0.3) is 0 Å². The molecule has 0 aliphatic rings. The van der Waals surface area contributed by atoms with Crippen LogP contribution in [0.4, 0.5) is 0 Å². The Bertz CT molecular complexity index is 240. The van der Waals surface area contributed by atoms with Gasteiger partial charge in [0, 0.05) is 21.3 Å². The third kappa shape index (κ3) is 4.04. The lowest BCUT2D eigenvalue weighted by Gasteiger charge is -2.09. The summed E-state index contributed by atoms with van der Waals surface area (Å²) in [6.45, 7) is -2.90. The van der Waals surface area contributed by atoms with Gasteiger partial charge in [-0.05, 0) is 0 Å². The van der Waals surface area contributed by atoms with Gasteiger partial charge in [-0.15, -0.1) is 0 Å². The Balaban J connectivity index is 4.70. The van der Waals surface area contributed by atoms with Crippen molar-refractivity contribution in [3.8, 4) is 0 Å². The summed E-state index contributed by atoms with van der Waals surface area (Å²) < 4.78 is 9.36. The second-order valence-corrected chi connectivity index (χ2v) is 5.80. The van der Waals surface area contributed by atoms with Crippen molar-refractivity contribution in [1.82, 2.24) is 5.32 Å². The van der Waals surface area contributed by atoms with E-state index in [2.05, 4.69) is 14.4 Å². The summed E-state index contributed by atoms with van der Waals surface area (Å²) in [7, 11) is 4.98. The minimum atomic E-state index is -2.90. The van der Waals surface area contributed by atoms with Crippen LogP contribution in [0, 0.1) is 0 Å². The molecule has 0 atom stereocenters. The second-order valence-electron chi connectivity index (χ2n) is 1.67. The third-order valence-corrected chi connectivity index (χ3v) is 4.52. The lowest BCUT2D eigenvalue weighted by atomic mass is 10.7. The smallest absolute Gasteiger partial charge is 0.313 e. The van der Waals surface area contributed by atoms with E-state index in [0.29, 0.717) is 0 Å². The van der Waals surface area contributed by atoms with Crippen molar-refractivity contribution in [2.24, 2.45) is 0 Å². The molecule has 0 aromatic carbocycles. The van der Waals surface area contributed by atoms with Gasteiger partial charge in [0.05, 0.1) is 5.37 Å².